The fraction of sp³-hybridized carbons (Fsp3) is 0.333. The number of aromatic nitrogens is 3. The van der Waals surface area contributed by atoms with Crippen molar-refractivity contribution in [2.75, 3.05) is 52.2 Å². The number of carbonyl (C=O) groups excluding carboxylic acids is 1. The maximum absolute atomic E-state index is 15.2. The van der Waals surface area contributed by atoms with E-state index in [1.807, 2.05) is 6.92 Å². The Morgan fingerprint density at radius 3 is 2.58 bits per heavy atom. The standard InChI is InChI=1S/C27H29FN6O2/c1-3-24-22(7-4-19-5-9-25(29)30-17-19)26(32-18-31-24)20-6-8-21(23(28)16-20)27(35)34-12-10-33(11-13-34)14-15-36-2/h5-6,8-9,16-18H,3,10-15H2,1-2H3,(H2,29,30). The van der Waals surface area contributed by atoms with Gasteiger partial charge in [-0.15, -0.1) is 0 Å². The van der Waals surface area contributed by atoms with Gasteiger partial charge in [-0.3, -0.25) is 9.69 Å². The number of rotatable bonds is 6. The molecule has 3 aromatic rings. The number of piperazine rings is 1. The number of nitrogens with zero attached hydrogens (tertiary/aromatic N) is 5. The maximum atomic E-state index is 15.2. The molecule has 0 bridgehead atoms. The third-order valence-corrected chi connectivity index (χ3v) is 6.12. The SMILES string of the molecule is CCc1ncnc(-c2ccc(C(=O)N3CCN(CCOC)CC3)c(F)c2)c1C#Cc1ccc(N)nc1. The van der Waals surface area contributed by atoms with Gasteiger partial charge in [0.1, 0.15) is 18.0 Å². The smallest absolute Gasteiger partial charge is 0.256 e. The van der Waals surface area contributed by atoms with Gasteiger partial charge in [-0.2, -0.15) is 0 Å². The van der Waals surface area contributed by atoms with Crippen LogP contribution >= 0.6 is 0 Å². The molecule has 1 saturated heterocycles. The minimum atomic E-state index is -0.586. The summed E-state index contributed by atoms with van der Waals surface area (Å²) in [6, 6.07) is 8.04. The first kappa shape index (κ1) is 25.2. The molecular formula is C27H29FN6O2. The Kier molecular flexibility index (Phi) is 8.21. The summed E-state index contributed by atoms with van der Waals surface area (Å²) in [6.07, 6.45) is 3.67. The normalized spacial score (nSPS) is 13.8. The Morgan fingerprint density at radius 1 is 1.11 bits per heavy atom. The third kappa shape index (κ3) is 5.85. The van der Waals surface area contributed by atoms with Crippen LogP contribution in [0.2, 0.25) is 0 Å². The summed E-state index contributed by atoms with van der Waals surface area (Å²) >= 11 is 0. The largest absolute Gasteiger partial charge is 0.384 e. The van der Waals surface area contributed by atoms with Gasteiger partial charge >= 0.3 is 0 Å². The molecule has 0 spiro atoms. The molecule has 0 saturated carbocycles. The van der Waals surface area contributed by atoms with Crippen LogP contribution in [-0.4, -0.2) is 77.1 Å². The third-order valence-electron chi connectivity index (χ3n) is 6.12. The van der Waals surface area contributed by atoms with Crippen LogP contribution in [0.4, 0.5) is 10.2 Å². The number of methoxy groups -OCH3 is 1. The van der Waals surface area contributed by atoms with Crippen LogP contribution in [0.25, 0.3) is 11.3 Å². The lowest BCUT2D eigenvalue weighted by molar-refractivity contribution is 0.0590. The molecule has 4 rings (SSSR count). The van der Waals surface area contributed by atoms with Gasteiger partial charge in [-0.05, 0) is 30.7 Å². The fourth-order valence-electron chi connectivity index (χ4n) is 4.06. The first-order chi connectivity index (χ1) is 17.5. The molecule has 8 nitrogen and oxygen atoms in total. The maximum Gasteiger partial charge on any atom is 0.256 e. The number of aryl methyl sites for hydroxylation is 1. The predicted molar refractivity (Wildman–Crippen MR) is 136 cm³/mol. The second kappa shape index (κ2) is 11.7. The summed E-state index contributed by atoms with van der Waals surface area (Å²) in [5, 5.41) is 0. The van der Waals surface area contributed by atoms with E-state index in [-0.39, 0.29) is 11.5 Å². The summed E-state index contributed by atoms with van der Waals surface area (Å²) in [5.74, 6) is 5.71. The van der Waals surface area contributed by atoms with Gasteiger partial charge in [0.25, 0.3) is 5.91 Å². The van der Waals surface area contributed by atoms with E-state index in [2.05, 4.69) is 31.7 Å². The zero-order chi connectivity index (χ0) is 25.5. The number of pyridine rings is 1. The van der Waals surface area contributed by atoms with Crippen LogP contribution in [0.1, 0.15) is 34.1 Å². The number of hydrogen-bond donors (Lipinski definition) is 1. The minimum absolute atomic E-state index is 0.0504. The lowest BCUT2D eigenvalue weighted by atomic mass is 10.0. The van der Waals surface area contributed by atoms with Gasteiger partial charge in [0.2, 0.25) is 0 Å². The van der Waals surface area contributed by atoms with Crippen molar-refractivity contribution in [3.63, 3.8) is 0 Å². The van der Waals surface area contributed by atoms with Gasteiger partial charge in [0.05, 0.1) is 29.1 Å². The highest BCUT2D eigenvalue weighted by Gasteiger charge is 2.24. The number of nitrogens with two attached hydrogens (primary N) is 1. The van der Waals surface area contributed by atoms with Crippen molar-refractivity contribution in [2.45, 2.75) is 13.3 Å². The second-order valence-corrected chi connectivity index (χ2v) is 8.44. The Labute approximate surface area is 210 Å². The number of anilines is 1. The van der Waals surface area contributed by atoms with Crippen molar-refractivity contribution in [1.29, 1.82) is 0 Å². The first-order valence-electron chi connectivity index (χ1n) is 11.9. The second-order valence-electron chi connectivity index (χ2n) is 8.44. The predicted octanol–water partition coefficient (Wildman–Crippen LogP) is 2.63. The zero-order valence-corrected chi connectivity index (χ0v) is 20.5. The Morgan fingerprint density at radius 2 is 1.92 bits per heavy atom. The van der Waals surface area contributed by atoms with E-state index in [0.717, 1.165) is 25.3 Å². The van der Waals surface area contributed by atoms with E-state index < -0.39 is 5.82 Å². The van der Waals surface area contributed by atoms with E-state index in [4.69, 9.17) is 10.5 Å². The molecule has 9 heteroatoms. The van der Waals surface area contributed by atoms with Crippen LogP contribution in [0.5, 0.6) is 0 Å². The van der Waals surface area contributed by atoms with Crippen molar-refractivity contribution in [3.8, 4) is 23.1 Å². The first-order valence-corrected chi connectivity index (χ1v) is 11.9. The zero-order valence-electron chi connectivity index (χ0n) is 20.5. The molecule has 1 fully saturated rings. The molecule has 1 aliphatic rings. The van der Waals surface area contributed by atoms with E-state index >= 15 is 4.39 Å². The molecule has 0 aliphatic carbocycles. The summed E-state index contributed by atoms with van der Waals surface area (Å²) < 4.78 is 20.3. The highest BCUT2D eigenvalue weighted by molar-refractivity contribution is 5.95. The van der Waals surface area contributed by atoms with E-state index in [9.17, 15) is 4.79 Å². The van der Waals surface area contributed by atoms with Crippen LogP contribution in [0, 0.1) is 17.7 Å². The highest BCUT2D eigenvalue weighted by Crippen LogP contribution is 2.26. The van der Waals surface area contributed by atoms with Crippen LogP contribution in [0.15, 0.2) is 42.9 Å². The molecule has 3 heterocycles. The molecule has 0 unspecified atom stereocenters. The van der Waals surface area contributed by atoms with Gasteiger partial charge in [0.15, 0.2) is 0 Å². The average molecular weight is 489 g/mol. The topological polar surface area (TPSA) is 97.5 Å². The van der Waals surface area contributed by atoms with Gasteiger partial charge < -0.3 is 15.4 Å². The molecule has 1 aromatic carbocycles. The summed E-state index contributed by atoms with van der Waals surface area (Å²) in [7, 11) is 1.67. The lowest BCUT2D eigenvalue weighted by Gasteiger charge is -2.34. The fourth-order valence-corrected chi connectivity index (χ4v) is 4.06. The van der Waals surface area contributed by atoms with Crippen LogP contribution in [-0.2, 0) is 11.2 Å². The molecule has 2 aromatic heterocycles. The Balaban J connectivity index is 1.57. The molecule has 0 radical (unpaired) electrons. The van der Waals surface area contributed by atoms with Crippen LogP contribution < -0.4 is 5.73 Å². The number of hydrogen-bond acceptors (Lipinski definition) is 7. The van der Waals surface area contributed by atoms with Crippen molar-refractivity contribution in [2.24, 2.45) is 0 Å². The van der Waals surface area contributed by atoms with E-state index in [1.165, 1.54) is 18.5 Å². The van der Waals surface area contributed by atoms with E-state index in [0.29, 0.717) is 54.3 Å². The quantitative estimate of drug-likeness (QED) is 0.533. The number of nitrogen functional groups attached to an aromatic ring is 1. The van der Waals surface area contributed by atoms with Gasteiger partial charge in [0, 0.05) is 57.2 Å². The van der Waals surface area contributed by atoms with Crippen LogP contribution in [0.3, 0.4) is 0 Å². The molecule has 1 amide bonds. The lowest BCUT2D eigenvalue weighted by Crippen LogP contribution is -2.49. The van der Waals surface area contributed by atoms with Gasteiger partial charge in [-0.25, -0.2) is 19.3 Å². The molecule has 1 aliphatic heterocycles. The minimum Gasteiger partial charge on any atom is -0.384 e. The Hall–Kier alpha value is -3.87. The summed E-state index contributed by atoms with van der Waals surface area (Å²) in [6.45, 7) is 6.02. The number of halogens is 1. The van der Waals surface area contributed by atoms with Gasteiger partial charge in [-0.1, -0.05) is 24.8 Å². The van der Waals surface area contributed by atoms with E-state index in [1.54, 1.807) is 36.4 Å². The number of carbonyl (C=O) groups is 1. The highest BCUT2D eigenvalue weighted by atomic mass is 19.1. The molecule has 2 N–H and O–H groups in total. The average Bonchev–Trinajstić information content (AvgIpc) is 2.91. The number of amides is 1. The summed E-state index contributed by atoms with van der Waals surface area (Å²) in [5.41, 5.74) is 8.81. The number of benzene rings is 1. The number of ether oxygens (including phenoxy) is 1. The molecule has 186 valence electrons. The van der Waals surface area contributed by atoms with Crippen molar-refractivity contribution < 1.29 is 13.9 Å². The molecular weight excluding hydrogens is 459 g/mol. The summed E-state index contributed by atoms with van der Waals surface area (Å²) in [4.78, 5) is 29.7. The van der Waals surface area contributed by atoms with Crippen molar-refractivity contribution >= 4 is 11.7 Å². The molecule has 0 atom stereocenters. The van der Waals surface area contributed by atoms with Crippen molar-refractivity contribution in [3.05, 3.63) is 71.1 Å². The monoisotopic (exact) mass is 488 g/mol. The molecule has 36 heavy (non-hydrogen) atoms. The van der Waals surface area contributed by atoms with Crippen molar-refractivity contribution in [1.82, 2.24) is 24.8 Å². The Bertz CT molecular complexity index is 1280.